The highest BCUT2D eigenvalue weighted by Gasteiger charge is 2.44. The van der Waals surface area contributed by atoms with Gasteiger partial charge >= 0.3 is 5.97 Å². The van der Waals surface area contributed by atoms with Crippen molar-refractivity contribution >= 4 is 5.97 Å². The monoisotopic (exact) mass is 206 g/mol. The third-order valence-corrected chi connectivity index (χ3v) is 2.70. The molecule has 0 heterocycles. The second-order valence-electron chi connectivity index (χ2n) is 3.79. The summed E-state index contributed by atoms with van der Waals surface area (Å²) in [6.45, 7) is 2.57. The molecule has 1 aliphatic rings. The molecule has 80 valence electrons. The van der Waals surface area contributed by atoms with Crippen LogP contribution in [0.4, 0.5) is 0 Å². The van der Waals surface area contributed by atoms with Crippen LogP contribution >= 0.6 is 0 Å². The van der Waals surface area contributed by atoms with Crippen molar-refractivity contribution in [2.24, 2.45) is 5.92 Å². The van der Waals surface area contributed by atoms with E-state index in [0.29, 0.717) is 6.61 Å². The Bertz CT molecular complexity index is 373. The zero-order valence-corrected chi connectivity index (χ0v) is 8.64. The van der Waals surface area contributed by atoms with Crippen molar-refractivity contribution in [1.29, 1.82) is 0 Å². The molecule has 1 fully saturated rings. The van der Waals surface area contributed by atoms with E-state index in [1.165, 1.54) is 0 Å². The van der Waals surface area contributed by atoms with Gasteiger partial charge in [-0.2, -0.15) is 0 Å². The zero-order chi connectivity index (χ0) is 10.8. The van der Waals surface area contributed by atoms with Crippen LogP contribution in [0.1, 0.15) is 24.8 Å². The van der Waals surface area contributed by atoms with Crippen molar-refractivity contribution in [3.8, 4) is 5.75 Å². The average Bonchev–Trinajstić information content (AvgIpc) is 2.98. The van der Waals surface area contributed by atoms with Gasteiger partial charge in [0, 0.05) is 0 Å². The summed E-state index contributed by atoms with van der Waals surface area (Å²) in [4.78, 5) is 10.7. The van der Waals surface area contributed by atoms with E-state index < -0.39 is 5.97 Å². The minimum atomic E-state index is -0.693. The first-order valence-corrected chi connectivity index (χ1v) is 5.18. The lowest BCUT2D eigenvalue weighted by Crippen LogP contribution is -1.99. The van der Waals surface area contributed by atoms with Gasteiger partial charge < -0.3 is 9.84 Å². The summed E-state index contributed by atoms with van der Waals surface area (Å²) in [5, 5.41) is 8.83. The molecule has 0 aromatic heterocycles. The molecule has 15 heavy (non-hydrogen) atoms. The van der Waals surface area contributed by atoms with Gasteiger partial charge in [0.15, 0.2) is 0 Å². The normalized spacial score (nSPS) is 23.5. The molecule has 1 aromatic carbocycles. The van der Waals surface area contributed by atoms with Crippen molar-refractivity contribution in [3.63, 3.8) is 0 Å². The summed E-state index contributed by atoms with van der Waals surface area (Å²) in [5.41, 5.74) is 1.08. The van der Waals surface area contributed by atoms with Gasteiger partial charge in [-0.3, -0.25) is 4.79 Å². The summed E-state index contributed by atoms with van der Waals surface area (Å²) in [7, 11) is 0. The Kier molecular flexibility index (Phi) is 2.62. The number of carboxylic acid groups (broad SMARTS) is 1. The third kappa shape index (κ3) is 2.12. The van der Waals surface area contributed by atoms with E-state index in [9.17, 15) is 4.79 Å². The fourth-order valence-electron chi connectivity index (χ4n) is 1.84. The van der Waals surface area contributed by atoms with Crippen molar-refractivity contribution in [1.82, 2.24) is 0 Å². The Balaban J connectivity index is 2.10. The molecule has 2 unspecified atom stereocenters. The molecule has 3 heteroatoms. The smallest absolute Gasteiger partial charge is 0.307 e. The van der Waals surface area contributed by atoms with E-state index in [4.69, 9.17) is 9.84 Å². The van der Waals surface area contributed by atoms with Gasteiger partial charge in [0.05, 0.1) is 12.5 Å². The molecule has 3 nitrogen and oxygen atoms in total. The number of ether oxygens (including phenoxy) is 1. The molecule has 2 rings (SSSR count). The first-order chi connectivity index (χ1) is 7.22. The van der Waals surface area contributed by atoms with E-state index in [1.807, 2.05) is 31.2 Å². The van der Waals surface area contributed by atoms with Gasteiger partial charge in [0.25, 0.3) is 0 Å². The largest absolute Gasteiger partial charge is 0.494 e. The van der Waals surface area contributed by atoms with Crippen LogP contribution in [-0.2, 0) is 4.79 Å². The lowest BCUT2D eigenvalue weighted by molar-refractivity contribution is -0.138. The lowest BCUT2D eigenvalue weighted by atomic mass is 10.1. The summed E-state index contributed by atoms with van der Waals surface area (Å²) in [6, 6.07) is 7.72. The molecule has 0 saturated heterocycles. The predicted molar refractivity (Wildman–Crippen MR) is 56.1 cm³/mol. The van der Waals surface area contributed by atoms with E-state index >= 15 is 0 Å². The highest BCUT2D eigenvalue weighted by Crippen LogP contribution is 2.48. The molecule has 0 bridgehead atoms. The van der Waals surface area contributed by atoms with Gasteiger partial charge in [0.1, 0.15) is 5.75 Å². The number of hydrogen-bond donors (Lipinski definition) is 1. The van der Waals surface area contributed by atoms with Crippen molar-refractivity contribution in [3.05, 3.63) is 29.8 Å². The maximum absolute atomic E-state index is 10.7. The van der Waals surface area contributed by atoms with Crippen molar-refractivity contribution < 1.29 is 14.6 Å². The number of carboxylic acids is 1. The SMILES string of the molecule is CCOc1cccc(C2CC2C(=O)O)c1. The first-order valence-electron chi connectivity index (χ1n) is 5.18. The minimum absolute atomic E-state index is 0.183. The number of carbonyl (C=O) groups is 1. The van der Waals surface area contributed by atoms with E-state index in [0.717, 1.165) is 17.7 Å². The predicted octanol–water partition coefficient (Wildman–Crippen LogP) is 2.27. The number of aliphatic carboxylic acids is 1. The number of rotatable bonds is 4. The summed E-state index contributed by atoms with van der Waals surface area (Å²) < 4.78 is 5.37. The Labute approximate surface area is 88.7 Å². The van der Waals surface area contributed by atoms with Gasteiger partial charge in [-0.15, -0.1) is 0 Å². The Morgan fingerprint density at radius 2 is 2.40 bits per heavy atom. The van der Waals surface area contributed by atoms with Gasteiger partial charge in [0.2, 0.25) is 0 Å². The Hall–Kier alpha value is -1.51. The lowest BCUT2D eigenvalue weighted by Gasteiger charge is -2.04. The summed E-state index contributed by atoms with van der Waals surface area (Å²) in [5.74, 6) is 0.123. The van der Waals surface area contributed by atoms with Crippen LogP contribution in [0.3, 0.4) is 0 Å². The molecular formula is C12H14O3. The van der Waals surface area contributed by atoms with Crippen LogP contribution in [-0.4, -0.2) is 17.7 Å². The minimum Gasteiger partial charge on any atom is -0.494 e. The van der Waals surface area contributed by atoms with Crippen LogP contribution in [0.2, 0.25) is 0 Å². The van der Waals surface area contributed by atoms with E-state index in [-0.39, 0.29) is 11.8 Å². The molecule has 0 amide bonds. The summed E-state index contributed by atoms with van der Waals surface area (Å²) in [6.07, 6.45) is 0.755. The fourth-order valence-corrected chi connectivity index (χ4v) is 1.84. The topological polar surface area (TPSA) is 46.5 Å². The molecule has 1 aliphatic carbocycles. The molecular weight excluding hydrogens is 192 g/mol. The van der Waals surface area contributed by atoms with Crippen molar-refractivity contribution in [2.75, 3.05) is 6.61 Å². The van der Waals surface area contributed by atoms with E-state index in [1.54, 1.807) is 0 Å². The fraction of sp³-hybridized carbons (Fsp3) is 0.417. The van der Waals surface area contributed by atoms with E-state index in [2.05, 4.69) is 0 Å². The second-order valence-corrected chi connectivity index (χ2v) is 3.79. The molecule has 0 spiro atoms. The van der Waals surface area contributed by atoms with Crippen LogP contribution in [0.15, 0.2) is 24.3 Å². The van der Waals surface area contributed by atoms with Crippen LogP contribution < -0.4 is 4.74 Å². The molecule has 0 aliphatic heterocycles. The maximum Gasteiger partial charge on any atom is 0.307 e. The highest BCUT2D eigenvalue weighted by atomic mass is 16.5. The van der Waals surface area contributed by atoms with Gasteiger partial charge in [-0.25, -0.2) is 0 Å². The second kappa shape index (κ2) is 3.93. The average molecular weight is 206 g/mol. The van der Waals surface area contributed by atoms with Crippen LogP contribution in [0.5, 0.6) is 5.75 Å². The van der Waals surface area contributed by atoms with Crippen LogP contribution in [0, 0.1) is 5.92 Å². The zero-order valence-electron chi connectivity index (χ0n) is 8.64. The Morgan fingerprint density at radius 1 is 1.60 bits per heavy atom. The molecule has 2 atom stereocenters. The Morgan fingerprint density at radius 3 is 3.00 bits per heavy atom. The number of hydrogen-bond acceptors (Lipinski definition) is 2. The summed E-state index contributed by atoms with van der Waals surface area (Å²) >= 11 is 0. The first kappa shape index (κ1) is 10.0. The number of benzene rings is 1. The molecule has 0 radical (unpaired) electrons. The van der Waals surface area contributed by atoms with Crippen molar-refractivity contribution in [2.45, 2.75) is 19.3 Å². The molecule has 1 N–H and O–H groups in total. The van der Waals surface area contributed by atoms with Gasteiger partial charge in [-0.05, 0) is 37.0 Å². The van der Waals surface area contributed by atoms with Crippen LogP contribution in [0.25, 0.3) is 0 Å². The van der Waals surface area contributed by atoms with Gasteiger partial charge in [-0.1, -0.05) is 12.1 Å². The standard InChI is InChI=1S/C12H14O3/c1-2-15-9-5-3-4-8(6-9)10-7-11(10)12(13)14/h3-6,10-11H,2,7H2,1H3,(H,13,14). The third-order valence-electron chi connectivity index (χ3n) is 2.70. The maximum atomic E-state index is 10.7. The molecule has 1 saturated carbocycles. The highest BCUT2D eigenvalue weighted by molar-refractivity contribution is 5.75. The molecule has 1 aromatic rings. The quantitative estimate of drug-likeness (QED) is 0.822.